The number of hydrogen-bond acceptors (Lipinski definition) is 4. The average molecular weight is 261 g/mol. The van der Waals surface area contributed by atoms with Gasteiger partial charge in [-0.3, -0.25) is 4.79 Å². The van der Waals surface area contributed by atoms with Crippen molar-refractivity contribution in [2.45, 2.75) is 17.4 Å². The van der Waals surface area contributed by atoms with Crippen LogP contribution in [0.5, 0.6) is 0 Å². The second-order valence-electron chi connectivity index (χ2n) is 3.20. The Balaban J connectivity index is 2.34. The van der Waals surface area contributed by atoms with Crippen molar-refractivity contribution >= 4 is 29.3 Å². The van der Waals surface area contributed by atoms with Crippen LogP contribution in [0, 0.1) is 0 Å². The van der Waals surface area contributed by atoms with E-state index in [1.165, 1.54) is 18.9 Å². The van der Waals surface area contributed by atoms with Crippen LogP contribution in [0.2, 0.25) is 5.02 Å². The van der Waals surface area contributed by atoms with E-state index in [0.29, 0.717) is 10.8 Å². The van der Waals surface area contributed by atoms with E-state index in [1.807, 2.05) is 12.1 Å². The van der Waals surface area contributed by atoms with E-state index in [2.05, 4.69) is 4.74 Å². The van der Waals surface area contributed by atoms with Crippen molar-refractivity contribution in [3.63, 3.8) is 0 Å². The van der Waals surface area contributed by atoms with Gasteiger partial charge in [0.1, 0.15) is 0 Å². The van der Waals surface area contributed by atoms with E-state index in [0.717, 1.165) is 4.90 Å². The van der Waals surface area contributed by atoms with Gasteiger partial charge in [-0.2, -0.15) is 0 Å². The fourth-order valence-corrected chi connectivity index (χ4v) is 2.02. The summed E-state index contributed by atoms with van der Waals surface area (Å²) in [5.41, 5.74) is 0. The fraction of sp³-hybridized carbons (Fsp3) is 0.364. The first-order chi connectivity index (χ1) is 7.61. The molecule has 3 nitrogen and oxygen atoms in total. The molecule has 0 radical (unpaired) electrons. The van der Waals surface area contributed by atoms with Crippen LogP contribution in [0.4, 0.5) is 0 Å². The molecule has 1 rings (SSSR count). The van der Waals surface area contributed by atoms with Crippen LogP contribution in [-0.2, 0) is 9.53 Å². The van der Waals surface area contributed by atoms with Crippen molar-refractivity contribution in [3.8, 4) is 0 Å². The number of aliphatic hydroxyl groups excluding tert-OH is 1. The van der Waals surface area contributed by atoms with Crippen molar-refractivity contribution in [2.75, 3.05) is 12.9 Å². The first-order valence-corrected chi connectivity index (χ1v) is 6.11. The molecule has 1 aromatic carbocycles. The summed E-state index contributed by atoms with van der Waals surface area (Å²) in [6, 6.07) is 7.32. The molecule has 88 valence electrons. The van der Waals surface area contributed by atoms with Gasteiger partial charge in [0.2, 0.25) is 0 Å². The van der Waals surface area contributed by atoms with Crippen molar-refractivity contribution in [3.05, 3.63) is 29.3 Å². The number of aliphatic hydroxyl groups is 1. The number of benzene rings is 1. The Morgan fingerprint density at radius 1 is 1.50 bits per heavy atom. The maximum absolute atomic E-state index is 10.9. The van der Waals surface area contributed by atoms with Gasteiger partial charge in [0, 0.05) is 15.7 Å². The van der Waals surface area contributed by atoms with Gasteiger partial charge in [-0.1, -0.05) is 11.6 Å². The largest absolute Gasteiger partial charge is 0.469 e. The molecule has 1 aromatic rings. The number of hydrogen-bond donors (Lipinski definition) is 1. The molecule has 0 saturated carbocycles. The van der Waals surface area contributed by atoms with E-state index in [9.17, 15) is 9.90 Å². The molecule has 1 unspecified atom stereocenters. The Kier molecular flexibility index (Phi) is 5.66. The zero-order chi connectivity index (χ0) is 12.0. The van der Waals surface area contributed by atoms with E-state index in [-0.39, 0.29) is 6.42 Å². The lowest BCUT2D eigenvalue weighted by Gasteiger charge is -2.08. The number of esters is 1. The molecule has 0 fully saturated rings. The lowest BCUT2D eigenvalue weighted by molar-refractivity contribution is -0.142. The van der Waals surface area contributed by atoms with E-state index >= 15 is 0 Å². The summed E-state index contributed by atoms with van der Waals surface area (Å²) in [7, 11) is 1.31. The summed E-state index contributed by atoms with van der Waals surface area (Å²) in [6.07, 6.45) is -0.662. The molecule has 0 bridgehead atoms. The topological polar surface area (TPSA) is 46.5 Å². The SMILES string of the molecule is COC(=O)CC(O)CSc1ccc(Cl)cc1. The summed E-state index contributed by atoms with van der Waals surface area (Å²) in [5.74, 6) is 0.0562. The molecule has 0 heterocycles. The predicted molar refractivity (Wildman–Crippen MR) is 64.8 cm³/mol. The number of halogens is 1. The molecule has 1 N–H and O–H groups in total. The molecule has 16 heavy (non-hydrogen) atoms. The minimum absolute atomic E-state index is 0.0249. The van der Waals surface area contributed by atoms with Crippen molar-refractivity contribution in [1.82, 2.24) is 0 Å². The van der Waals surface area contributed by atoms with Crippen LogP contribution in [-0.4, -0.2) is 30.0 Å². The third-order valence-electron chi connectivity index (χ3n) is 1.89. The highest BCUT2D eigenvalue weighted by atomic mass is 35.5. The molecule has 0 aromatic heterocycles. The van der Waals surface area contributed by atoms with Crippen LogP contribution < -0.4 is 0 Å². The summed E-state index contributed by atoms with van der Waals surface area (Å²) in [6.45, 7) is 0. The van der Waals surface area contributed by atoms with Crippen molar-refractivity contribution < 1.29 is 14.6 Å². The summed E-state index contributed by atoms with van der Waals surface area (Å²) >= 11 is 7.22. The third kappa shape index (κ3) is 4.88. The van der Waals surface area contributed by atoms with Crippen LogP contribution >= 0.6 is 23.4 Å². The molecule has 0 aliphatic rings. The molecule has 0 aliphatic carbocycles. The second-order valence-corrected chi connectivity index (χ2v) is 4.73. The van der Waals surface area contributed by atoms with Gasteiger partial charge >= 0.3 is 5.97 Å². The fourth-order valence-electron chi connectivity index (χ4n) is 1.06. The summed E-state index contributed by atoms with van der Waals surface area (Å²) < 4.78 is 4.46. The van der Waals surface area contributed by atoms with E-state index in [1.54, 1.807) is 12.1 Å². The highest BCUT2D eigenvalue weighted by Crippen LogP contribution is 2.21. The Labute approximate surface area is 104 Å². The minimum Gasteiger partial charge on any atom is -0.469 e. The molecule has 5 heteroatoms. The Bertz CT molecular complexity index is 340. The smallest absolute Gasteiger partial charge is 0.308 e. The Morgan fingerprint density at radius 2 is 2.12 bits per heavy atom. The summed E-state index contributed by atoms with van der Waals surface area (Å²) in [4.78, 5) is 11.9. The first kappa shape index (κ1) is 13.4. The number of thioether (sulfide) groups is 1. The highest BCUT2D eigenvalue weighted by molar-refractivity contribution is 7.99. The van der Waals surface area contributed by atoms with Crippen LogP contribution in [0.3, 0.4) is 0 Å². The molecule has 0 aliphatic heterocycles. The van der Waals surface area contributed by atoms with Gasteiger partial charge in [0.15, 0.2) is 0 Å². The zero-order valence-electron chi connectivity index (χ0n) is 8.85. The monoisotopic (exact) mass is 260 g/mol. The number of carbonyl (C=O) groups excluding carboxylic acids is 1. The second kappa shape index (κ2) is 6.78. The lowest BCUT2D eigenvalue weighted by atomic mass is 10.3. The maximum atomic E-state index is 10.9. The van der Waals surface area contributed by atoms with Gasteiger partial charge in [-0.25, -0.2) is 0 Å². The van der Waals surface area contributed by atoms with Gasteiger partial charge < -0.3 is 9.84 Å². The quantitative estimate of drug-likeness (QED) is 0.652. The maximum Gasteiger partial charge on any atom is 0.308 e. The molecule has 1 atom stereocenters. The third-order valence-corrected chi connectivity index (χ3v) is 3.29. The molecule has 0 saturated heterocycles. The normalized spacial score (nSPS) is 12.2. The number of rotatable bonds is 5. The van der Waals surface area contributed by atoms with Crippen molar-refractivity contribution in [2.24, 2.45) is 0 Å². The predicted octanol–water partition coefficient (Wildman–Crippen LogP) is 2.36. The van der Waals surface area contributed by atoms with Gasteiger partial charge in [0.25, 0.3) is 0 Å². The standard InChI is InChI=1S/C11H13ClO3S/c1-15-11(14)6-9(13)7-16-10-4-2-8(12)3-5-10/h2-5,9,13H,6-7H2,1H3. The van der Waals surface area contributed by atoms with Gasteiger partial charge in [-0.05, 0) is 24.3 Å². The number of carbonyl (C=O) groups is 1. The first-order valence-electron chi connectivity index (χ1n) is 4.75. The van der Waals surface area contributed by atoms with Crippen LogP contribution in [0.15, 0.2) is 29.2 Å². The van der Waals surface area contributed by atoms with E-state index in [4.69, 9.17) is 11.6 Å². The van der Waals surface area contributed by atoms with Gasteiger partial charge in [-0.15, -0.1) is 11.8 Å². The molecular formula is C11H13ClO3S. The molecule has 0 spiro atoms. The molecular weight excluding hydrogens is 248 g/mol. The van der Waals surface area contributed by atoms with Gasteiger partial charge in [0.05, 0.1) is 19.6 Å². The van der Waals surface area contributed by atoms with Crippen molar-refractivity contribution in [1.29, 1.82) is 0 Å². The van der Waals surface area contributed by atoms with Crippen LogP contribution in [0.1, 0.15) is 6.42 Å². The Morgan fingerprint density at radius 3 is 2.69 bits per heavy atom. The average Bonchev–Trinajstić information content (AvgIpc) is 2.28. The lowest BCUT2D eigenvalue weighted by Crippen LogP contribution is -2.16. The molecule has 0 amide bonds. The number of ether oxygens (including phenoxy) is 1. The zero-order valence-corrected chi connectivity index (χ0v) is 10.4. The van der Waals surface area contributed by atoms with Crippen LogP contribution in [0.25, 0.3) is 0 Å². The minimum atomic E-state index is -0.687. The summed E-state index contributed by atoms with van der Waals surface area (Å²) in [5, 5.41) is 10.2. The number of methoxy groups -OCH3 is 1. The highest BCUT2D eigenvalue weighted by Gasteiger charge is 2.11. The Hall–Kier alpha value is -0.710. The van der Waals surface area contributed by atoms with E-state index < -0.39 is 12.1 Å².